The summed E-state index contributed by atoms with van der Waals surface area (Å²) in [6, 6.07) is 11.6. The van der Waals surface area contributed by atoms with E-state index in [1.165, 1.54) is 12.0 Å². The molecule has 1 atom stereocenters. The molecule has 1 heterocycles. The van der Waals surface area contributed by atoms with Crippen molar-refractivity contribution in [1.82, 2.24) is 4.90 Å². The summed E-state index contributed by atoms with van der Waals surface area (Å²) >= 11 is 0. The lowest BCUT2D eigenvalue weighted by Gasteiger charge is -2.25. The Balaban J connectivity index is 2.10. The van der Waals surface area contributed by atoms with Crippen LogP contribution in [0.2, 0.25) is 0 Å². The number of aliphatic hydroxyl groups excluding tert-OH is 1. The fourth-order valence-corrected chi connectivity index (χ4v) is 3.83. The van der Waals surface area contributed by atoms with Gasteiger partial charge in [0, 0.05) is 19.2 Å². The van der Waals surface area contributed by atoms with Gasteiger partial charge in [-0.05, 0) is 62.2 Å². The molecule has 1 aliphatic heterocycles. The molecule has 1 N–H and O–H groups in total. The molecular weight excluding hydrogens is 410 g/mol. The Kier molecular flexibility index (Phi) is 7.53. The maximum atomic E-state index is 13.0. The number of benzene rings is 2. The van der Waals surface area contributed by atoms with Crippen LogP contribution < -0.4 is 9.47 Å². The quantitative estimate of drug-likeness (QED) is 0.363. The third kappa shape index (κ3) is 4.62. The van der Waals surface area contributed by atoms with Gasteiger partial charge in [-0.3, -0.25) is 9.59 Å². The summed E-state index contributed by atoms with van der Waals surface area (Å²) in [6.07, 6.45) is 0. The molecular formula is C25H29NO6. The standard InChI is InChI=1S/C25H29NO6/c1-5-31-19-10-7-17(8-11-19)22-21(24(28)25(29)26(22)13-14-30-4)23(27)18-9-12-20(32-6-2)16(3)15-18/h7-12,15,22,27H,5-6,13-14H2,1-4H3/b23-21-. The van der Waals surface area contributed by atoms with Crippen molar-refractivity contribution in [3.05, 3.63) is 64.7 Å². The zero-order chi connectivity index (χ0) is 23.3. The third-order valence-electron chi connectivity index (χ3n) is 5.33. The van der Waals surface area contributed by atoms with E-state index in [2.05, 4.69) is 0 Å². The number of likely N-dealkylation sites (tertiary alicyclic amines) is 1. The van der Waals surface area contributed by atoms with Gasteiger partial charge in [0.25, 0.3) is 11.7 Å². The van der Waals surface area contributed by atoms with Crippen LogP contribution in [0.25, 0.3) is 5.76 Å². The van der Waals surface area contributed by atoms with Crippen LogP contribution in [0.1, 0.15) is 36.6 Å². The Labute approximate surface area is 188 Å². The molecule has 7 heteroatoms. The number of Topliss-reactive ketones (excluding diaryl/α,β-unsaturated/α-hetero) is 1. The first-order chi connectivity index (χ1) is 15.4. The molecule has 2 aromatic rings. The average Bonchev–Trinajstić information content (AvgIpc) is 3.04. The van der Waals surface area contributed by atoms with Crippen LogP contribution in [0.5, 0.6) is 11.5 Å². The van der Waals surface area contributed by atoms with Gasteiger partial charge < -0.3 is 24.2 Å². The second-order valence-electron chi connectivity index (χ2n) is 7.40. The van der Waals surface area contributed by atoms with Gasteiger partial charge >= 0.3 is 0 Å². The molecule has 32 heavy (non-hydrogen) atoms. The zero-order valence-electron chi connectivity index (χ0n) is 18.9. The Morgan fingerprint density at radius 1 is 1.03 bits per heavy atom. The number of methoxy groups -OCH3 is 1. The SMILES string of the molecule is CCOc1ccc(C2/C(=C(/O)c3ccc(OCC)c(C)c3)C(=O)C(=O)N2CCOC)cc1. The van der Waals surface area contributed by atoms with Gasteiger partial charge in [0.05, 0.1) is 31.4 Å². The summed E-state index contributed by atoms with van der Waals surface area (Å²) in [4.78, 5) is 27.3. The van der Waals surface area contributed by atoms with Crippen molar-refractivity contribution in [3.63, 3.8) is 0 Å². The topological polar surface area (TPSA) is 85.3 Å². The molecule has 7 nitrogen and oxygen atoms in total. The maximum absolute atomic E-state index is 13.0. The fourth-order valence-electron chi connectivity index (χ4n) is 3.83. The summed E-state index contributed by atoms with van der Waals surface area (Å²) in [7, 11) is 1.53. The van der Waals surface area contributed by atoms with Gasteiger partial charge in [0.15, 0.2) is 0 Å². The predicted octanol–water partition coefficient (Wildman–Crippen LogP) is 3.86. The van der Waals surface area contributed by atoms with Gasteiger partial charge in [-0.2, -0.15) is 0 Å². The number of hydrogen-bond donors (Lipinski definition) is 1. The van der Waals surface area contributed by atoms with Crippen molar-refractivity contribution >= 4 is 17.4 Å². The number of hydrogen-bond acceptors (Lipinski definition) is 6. The second-order valence-corrected chi connectivity index (χ2v) is 7.40. The van der Waals surface area contributed by atoms with Gasteiger partial charge in [-0.25, -0.2) is 0 Å². The highest BCUT2D eigenvalue weighted by Gasteiger charge is 2.45. The smallest absolute Gasteiger partial charge is 0.295 e. The molecule has 0 bridgehead atoms. The van der Waals surface area contributed by atoms with Crippen LogP contribution in [-0.2, 0) is 14.3 Å². The number of ether oxygens (including phenoxy) is 3. The lowest BCUT2D eigenvalue weighted by atomic mass is 9.94. The van der Waals surface area contributed by atoms with Crippen molar-refractivity contribution in [1.29, 1.82) is 0 Å². The summed E-state index contributed by atoms with van der Waals surface area (Å²) in [5.74, 6) is -0.206. The summed E-state index contributed by atoms with van der Waals surface area (Å²) in [5.41, 5.74) is 2.03. The summed E-state index contributed by atoms with van der Waals surface area (Å²) in [6.45, 7) is 7.19. The fraction of sp³-hybridized carbons (Fsp3) is 0.360. The van der Waals surface area contributed by atoms with E-state index in [1.54, 1.807) is 42.5 Å². The van der Waals surface area contributed by atoms with E-state index < -0.39 is 17.7 Å². The van der Waals surface area contributed by atoms with E-state index in [0.29, 0.717) is 35.8 Å². The highest BCUT2D eigenvalue weighted by molar-refractivity contribution is 6.46. The van der Waals surface area contributed by atoms with Gasteiger partial charge in [-0.1, -0.05) is 12.1 Å². The summed E-state index contributed by atoms with van der Waals surface area (Å²) in [5, 5.41) is 11.2. The molecule has 2 aromatic carbocycles. The average molecular weight is 440 g/mol. The summed E-state index contributed by atoms with van der Waals surface area (Å²) < 4.78 is 16.2. The van der Waals surface area contributed by atoms with Crippen LogP contribution in [0, 0.1) is 6.92 Å². The Bertz CT molecular complexity index is 1010. The number of carbonyl (C=O) groups is 2. The van der Waals surface area contributed by atoms with E-state index in [4.69, 9.17) is 14.2 Å². The molecule has 0 aromatic heterocycles. The molecule has 170 valence electrons. The number of amides is 1. The van der Waals surface area contributed by atoms with Crippen molar-refractivity contribution in [3.8, 4) is 11.5 Å². The van der Waals surface area contributed by atoms with Gasteiger partial charge in [0.1, 0.15) is 17.3 Å². The van der Waals surface area contributed by atoms with E-state index in [0.717, 1.165) is 5.56 Å². The minimum atomic E-state index is -0.729. The van der Waals surface area contributed by atoms with Crippen molar-refractivity contribution < 1.29 is 28.9 Å². The number of rotatable bonds is 9. The molecule has 1 saturated heterocycles. The first-order valence-corrected chi connectivity index (χ1v) is 10.7. The van der Waals surface area contributed by atoms with Crippen LogP contribution in [0.15, 0.2) is 48.0 Å². The van der Waals surface area contributed by atoms with Crippen LogP contribution in [-0.4, -0.2) is 55.2 Å². The van der Waals surface area contributed by atoms with Crippen molar-refractivity contribution in [2.45, 2.75) is 26.8 Å². The molecule has 0 radical (unpaired) electrons. The van der Waals surface area contributed by atoms with Gasteiger partial charge in [0.2, 0.25) is 0 Å². The zero-order valence-corrected chi connectivity index (χ0v) is 18.9. The molecule has 1 unspecified atom stereocenters. The maximum Gasteiger partial charge on any atom is 0.295 e. The van der Waals surface area contributed by atoms with E-state index in [9.17, 15) is 14.7 Å². The molecule has 0 spiro atoms. The Hall–Kier alpha value is -3.32. The highest BCUT2D eigenvalue weighted by atomic mass is 16.5. The number of carbonyl (C=O) groups excluding carboxylic acids is 2. The normalized spacial score (nSPS) is 17.6. The molecule has 0 aliphatic carbocycles. The molecule has 1 aliphatic rings. The number of nitrogens with zero attached hydrogens (tertiary/aromatic N) is 1. The minimum absolute atomic E-state index is 0.0545. The first-order valence-electron chi connectivity index (χ1n) is 10.7. The number of aliphatic hydroxyl groups is 1. The lowest BCUT2D eigenvalue weighted by molar-refractivity contribution is -0.140. The highest BCUT2D eigenvalue weighted by Crippen LogP contribution is 2.40. The number of aryl methyl sites for hydroxylation is 1. The first kappa shape index (κ1) is 23.3. The monoisotopic (exact) mass is 439 g/mol. The van der Waals surface area contributed by atoms with E-state index >= 15 is 0 Å². The van der Waals surface area contributed by atoms with E-state index in [1.807, 2.05) is 20.8 Å². The predicted molar refractivity (Wildman–Crippen MR) is 121 cm³/mol. The second kappa shape index (κ2) is 10.3. The Morgan fingerprint density at radius 2 is 1.72 bits per heavy atom. The third-order valence-corrected chi connectivity index (χ3v) is 5.33. The van der Waals surface area contributed by atoms with Gasteiger partial charge in [-0.15, -0.1) is 0 Å². The van der Waals surface area contributed by atoms with Crippen LogP contribution >= 0.6 is 0 Å². The largest absolute Gasteiger partial charge is 0.507 e. The van der Waals surface area contributed by atoms with Crippen molar-refractivity contribution in [2.75, 3.05) is 33.5 Å². The molecule has 3 rings (SSSR count). The van der Waals surface area contributed by atoms with Crippen molar-refractivity contribution in [2.24, 2.45) is 0 Å². The van der Waals surface area contributed by atoms with Crippen LogP contribution in [0.4, 0.5) is 0 Å². The molecule has 1 fully saturated rings. The number of ketones is 1. The lowest BCUT2D eigenvalue weighted by Crippen LogP contribution is -2.32. The minimum Gasteiger partial charge on any atom is -0.507 e. The van der Waals surface area contributed by atoms with Crippen LogP contribution in [0.3, 0.4) is 0 Å². The molecule has 1 amide bonds. The molecule has 0 saturated carbocycles. The van der Waals surface area contributed by atoms with E-state index in [-0.39, 0.29) is 24.5 Å². The Morgan fingerprint density at radius 3 is 2.31 bits per heavy atom.